The molecule has 2 aromatic carbocycles. The molecule has 0 radical (unpaired) electrons. The average molecular weight is 547 g/mol. The van der Waals surface area contributed by atoms with Crippen molar-refractivity contribution in [1.29, 1.82) is 0 Å². The molecule has 1 aromatic heterocycles. The Kier molecular flexibility index (Phi) is 7.40. The minimum atomic E-state index is -1.26. The van der Waals surface area contributed by atoms with Crippen LogP contribution in [0.2, 0.25) is 0 Å². The molecule has 2 fully saturated rings. The first-order chi connectivity index (χ1) is 19.2. The molecule has 40 heavy (non-hydrogen) atoms. The summed E-state index contributed by atoms with van der Waals surface area (Å²) in [5, 5.41) is 2.83. The van der Waals surface area contributed by atoms with Crippen LogP contribution in [0.4, 0.5) is 26.4 Å². The highest BCUT2D eigenvalue weighted by Gasteiger charge is 2.57. The van der Waals surface area contributed by atoms with Crippen molar-refractivity contribution in [3.05, 3.63) is 72.7 Å². The second-order valence-electron chi connectivity index (χ2n) is 10.3. The van der Waals surface area contributed by atoms with Crippen LogP contribution in [0.1, 0.15) is 19.3 Å². The molecule has 1 aliphatic carbocycles. The number of nitrogens with zero attached hydrogens (tertiary/aromatic N) is 4. The summed E-state index contributed by atoms with van der Waals surface area (Å²) in [7, 11) is 4.01. The van der Waals surface area contributed by atoms with Crippen molar-refractivity contribution in [2.75, 3.05) is 37.4 Å². The molecule has 0 unspecified atom stereocenters. The minimum Gasteiger partial charge on any atom is -0.457 e. The maximum absolute atomic E-state index is 13.6. The monoisotopic (exact) mass is 546 g/mol. The number of rotatable bonds is 8. The number of amides is 4. The standard InChI is InChI=1S/C29H31FN6O4/c1-34(2)22-12-16-35(18-22)28(39)33-25-17-24(11-15-32-25)40-23-9-7-21(8-10-23)36(20-5-3-19(30)4-6-20)27(38)29(13-14-29)26(31)37/h3-11,15,17,22H,12-14,16,18H2,1-2H3,(H2,31,37)(H,32,33,39)/t22-/m1/s1. The van der Waals surface area contributed by atoms with Gasteiger partial charge in [-0.1, -0.05) is 0 Å². The summed E-state index contributed by atoms with van der Waals surface area (Å²) < 4.78 is 19.6. The lowest BCUT2D eigenvalue weighted by atomic mass is 10.0. The number of ether oxygens (including phenoxy) is 1. The molecule has 0 spiro atoms. The fourth-order valence-electron chi connectivity index (χ4n) is 4.76. The first-order valence-electron chi connectivity index (χ1n) is 13.0. The summed E-state index contributed by atoms with van der Waals surface area (Å²) >= 11 is 0. The van der Waals surface area contributed by atoms with Gasteiger partial charge in [0, 0.05) is 42.8 Å². The first-order valence-corrected chi connectivity index (χ1v) is 13.0. The van der Waals surface area contributed by atoms with Crippen LogP contribution in [0, 0.1) is 11.2 Å². The van der Waals surface area contributed by atoms with Gasteiger partial charge in [-0.25, -0.2) is 14.2 Å². The molecule has 4 amide bonds. The van der Waals surface area contributed by atoms with Gasteiger partial charge >= 0.3 is 6.03 Å². The summed E-state index contributed by atoms with van der Waals surface area (Å²) in [5.74, 6) is -0.272. The van der Waals surface area contributed by atoms with Crippen LogP contribution in [0.15, 0.2) is 66.9 Å². The van der Waals surface area contributed by atoms with Gasteiger partial charge in [-0.3, -0.25) is 19.8 Å². The van der Waals surface area contributed by atoms with E-state index < -0.39 is 23.0 Å². The molecule has 11 heteroatoms. The third-order valence-electron chi connectivity index (χ3n) is 7.40. The zero-order valence-electron chi connectivity index (χ0n) is 22.3. The van der Waals surface area contributed by atoms with E-state index >= 15 is 0 Å². The van der Waals surface area contributed by atoms with Gasteiger partial charge in [-0.15, -0.1) is 0 Å². The van der Waals surface area contributed by atoms with Gasteiger partial charge in [0.1, 0.15) is 28.5 Å². The van der Waals surface area contributed by atoms with Crippen LogP contribution in [-0.2, 0) is 9.59 Å². The summed E-state index contributed by atoms with van der Waals surface area (Å²) in [5.41, 5.74) is 5.18. The highest BCUT2D eigenvalue weighted by Crippen LogP contribution is 2.49. The Bertz CT molecular complexity index is 1410. The third-order valence-corrected chi connectivity index (χ3v) is 7.40. The molecule has 1 saturated heterocycles. The number of carbonyl (C=O) groups is 3. The lowest BCUT2D eigenvalue weighted by molar-refractivity contribution is -0.133. The Morgan fingerprint density at radius 1 is 1.02 bits per heavy atom. The SMILES string of the molecule is CN(C)[C@@H]1CCN(C(=O)Nc2cc(Oc3ccc(N(C(=O)C4(C(N)=O)CC4)c4ccc(F)cc4)cc3)ccn2)C1. The molecule has 5 rings (SSSR count). The highest BCUT2D eigenvalue weighted by atomic mass is 19.1. The zero-order valence-corrected chi connectivity index (χ0v) is 22.3. The summed E-state index contributed by atoms with van der Waals surface area (Å²) in [6.07, 6.45) is 3.20. The van der Waals surface area contributed by atoms with Crippen molar-refractivity contribution < 1.29 is 23.5 Å². The van der Waals surface area contributed by atoms with Crippen molar-refractivity contribution in [3.8, 4) is 11.5 Å². The Morgan fingerprint density at radius 3 is 2.25 bits per heavy atom. The fourth-order valence-corrected chi connectivity index (χ4v) is 4.76. The summed E-state index contributed by atoms with van der Waals surface area (Å²) in [6, 6.07) is 15.6. The Labute approximate surface area is 231 Å². The Hall–Kier alpha value is -4.51. The molecule has 2 aliphatic rings. The predicted octanol–water partition coefficient (Wildman–Crippen LogP) is 4.11. The zero-order chi connectivity index (χ0) is 28.4. The van der Waals surface area contributed by atoms with Crippen LogP contribution in [-0.4, -0.2) is 65.9 Å². The molecule has 3 aromatic rings. The molecule has 3 N–H and O–H groups in total. The number of nitrogens with two attached hydrogens (primary N) is 1. The molecule has 0 bridgehead atoms. The van der Waals surface area contributed by atoms with Crippen LogP contribution >= 0.6 is 0 Å². The number of hydrogen-bond donors (Lipinski definition) is 2. The van der Waals surface area contributed by atoms with Crippen LogP contribution < -0.4 is 20.7 Å². The van der Waals surface area contributed by atoms with Gasteiger partial charge in [0.25, 0.3) is 0 Å². The molecule has 2 heterocycles. The van der Waals surface area contributed by atoms with Crippen molar-refractivity contribution in [2.24, 2.45) is 11.1 Å². The van der Waals surface area contributed by atoms with Crippen LogP contribution in [0.25, 0.3) is 0 Å². The minimum absolute atomic E-state index is 0.215. The number of aromatic nitrogens is 1. The van der Waals surface area contributed by atoms with Gasteiger partial charge in [-0.05, 0) is 88.0 Å². The predicted molar refractivity (Wildman–Crippen MR) is 148 cm³/mol. The number of hydrogen-bond acceptors (Lipinski definition) is 6. The number of benzene rings is 2. The quantitative estimate of drug-likeness (QED) is 0.410. The molecule has 10 nitrogen and oxygen atoms in total. The smallest absolute Gasteiger partial charge is 0.323 e. The van der Waals surface area contributed by atoms with Crippen molar-refractivity contribution in [1.82, 2.24) is 14.8 Å². The fraction of sp³-hybridized carbons (Fsp3) is 0.310. The van der Waals surface area contributed by atoms with E-state index in [1.165, 1.54) is 29.2 Å². The van der Waals surface area contributed by atoms with E-state index in [0.717, 1.165) is 6.42 Å². The number of likely N-dealkylation sites (tertiary alicyclic amines) is 1. The van der Waals surface area contributed by atoms with Crippen molar-refractivity contribution >= 4 is 35.0 Å². The van der Waals surface area contributed by atoms with Gasteiger partial charge in [0.15, 0.2) is 0 Å². The second kappa shape index (κ2) is 10.9. The van der Waals surface area contributed by atoms with Crippen LogP contribution in [0.5, 0.6) is 11.5 Å². The van der Waals surface area contributed by atoms with Crippen LogP contribution in [0.3, 0.4) is 0 Å². The number of halogens is 1. The summed E-state index contributed by atoms with van der Waals surface area (Å²) in [4.78, 5) is 47.7. The second-order valence-corrected chi connectivity index (χ2v) is 10.3. The molecule has 1 saturated carbocycles. The topological polar surface area (TPSA) is 121 Å². The number of urea groups is 1. The van der Waals surface area contributed by atoms with Gasteiger partial charge in [-0.2, -0.15) is 0 Å². The molecule has 1 aliphatic heterocycles. The van der Waals surface area contributed by atoms with E-state index in [1.807, 2.05) is 14.1 Å². The van der Waals surface area contributed by atoms with Gasteiger partial charge in [0.2, 0.25) is 11.8 Å². The summed E-state index contributed by atoms with van der Waals surface area (Å²) in [6.45, 7) is 1.33. The molecule has 1 atom stereocenters. The third kappa shape index (κ3) is 5.59. The highest BCUT2D eigenvalue weighted by molar-refractivity contribution is 6.16. The maximum atomic E-state index is 13.6. The molecule has 208 valence electrons. The Morgan fingerprint density at radius 2 is 1.68 bits per heavy atom. The lowest BCUT2D eigenvalue weighted by Gasteiger charge is -2.26. The van der Waals surface area contributed by atoms with E-state index in [9.17, 15) is 18.8 Å². The number of nitrogens with one attached hydrogen (secondary N) is 1. The van der Waals surface area contributed by atoms with Gasteiger partial charge < -0.3 is 20.3 Å². The van der Waals surface area contributed by atoms with Crippen molar-refractivity contribution in [2.45, 2.75) is 25.3 Å². The number of anilines is 3. The van der Waals surface area contributed by atoms with E-state index in [4.69, 9.17) is 10.5 Å². The number of likely N-dealkylation sites (N-methyl/N-ethyl adjacent to an activating group) is 1. The Balaban J connectivity index is 1.30. The number of primary amides is 1. The average Bonchev–Trinajstić information content (AvgIpc) is 3.60. The van der Waals surface area contributed by atoms with E-state index in [-0.39, 0.29) is 6.03 Å². The van der Waals surface area contributed by atoms with E-state index in [0.29, 0.717) is 60.7 Å². The lowest BCUT2D eigenvalue weighted by Crippen LogP contribution is -2.41. The normalized spacial score (nSPS) is 17.4. The number of pyridine rings is 1. The van der Waals surface area contributed by atoms with E-state index in [2.05, 4.69) is 15.2 Å². The largest absolute Gasteiger partial charge is 0.457 e. The van der Waals surface area contributed by atoms with Gasteiger partial charge in [0.05, 0.1) is 0 Å². The maximum Gasteiger partial charge on any atom is 0.323 e. The van der Waals surface area contributed by atoms with E-state index in [1.54, 1.807) is 47.5 Å². The number of carbonyl (C=O) groups excluding carboxylic acids is 3. The molecular weight excluding hydrogens is 515 g/mol. The van der Waals surface area contributed by atoms with Crippen molar-refractivity contribution in [3.63, 3.8) is 0 Å². The first kappa shape index (κ1) is 27.1. The molecular formula is C29H31FN6O4.